The first-order chi connectivity index (χ1) is 8.72. The van der Waals surface area contributed by atoms with Crippen molar-refractivity contribution in [1.82, 2.24) is 5.32 Å². The zero-order chi connectivity index (χ0) is 13.0. The molecule has 0 aliphatic carbocycles. The summed E-state index contributed by atoms with van der Waals surface area (Å²) in [4.78, 5) is 0. The van der Waals surface area contributed by atoms with Gasteiger partial charge in [-0.25, -0.2) is 0 Å². The molecule has 0 saturated carbocycles. The van der Waals surface area contributed by atoms with Crippen LogP contribution in [0.25, 0.3) is 0 Å². The standard InChI is InChI=1S/C15H18BrNO/c1-3-8-17-15(14-5-4-9-18-14)12-10-11(2)6-7-13(12)16/h4-7,9-10,15,17H,3,8H2,1-2H3. The van der Waals surface area contributed by atoms with E-state index in [9.17, 15) is 0 Å². The molecule has 1 atom stereocenters. The summed E-state index contributed by atoms with van der Waals surface area (Å²) < 4.78 is 6.67. The second-order valence-electron chi connectivity index (χ2n) is 4.43. The van der Waals surface area contributed by atoms with E-state index in [4.69, 9.17) is 4.42 Å². The molecule has 1 heterocycles. The Morgan fingerprint density at radius 3 is 2.83 bits per heavy atom. The smallest absolute Gasteiger partial charge is 0.125 e. The minimum Gasteiger partial charge on any atom is -0.467 e. The van der Waals surface area contributed by atoms with Gasteiger partial charge >= 0.3 is 0 Å². The van der Waals surface area contributed by atoms with Crippen LogP contribution in [-0.2, 0) is 0 Å². The first-order valence-corrected chi connectivity index (χ1v) is 7.04. The number of benzene rings is 1. The van der Waals surface area contributed by atoms with Crippen LogP contribution in [0.1, 0.15) is 36.3 Å². The van der Waals surface area contributed by atoms with E-state index in [1.807, 2.05) is 12.1 Å². The van der Waals surface area contributed by atoms with Gasteiger partial charge < -0.3 is 9.73 Å². The van der Waals surface area contributed by atoms with Gasteiger partial charge in [0, 0.05) is 4.47 Å². The molecule has 1 N–H and O–H groups in total. The predicted octanol–water partition coefficient (Wildman–Crippen LogP) is 4.44. The summed E-state index contributed by atoms with van der Waals surface area (Å²) in [5.41, 5.74) is 2.47. The zero-order valence-electron chi connectivity index (χ0n) is 10.7. The van der Waals surface area contributed by atoms with E-state index in [0.717, 1.165) is 23.2 Å². The van der Waals surface area contributed by atoms with Gasteiger partial charge in [0.05, 0.1) is 12.3 Å². The Morgan fingerprint density at radius 1 is 1.33 bits per heavy atom. The van der Waals surface area contributed by atoms with Gasteiger partial charge in [-0.15, -0.1) is 0 Å². The monoisotopic (exact) mass is 307 g/mol. The summed E-state index contributed by atoms with van der Waals surface area (Å²) in [5, 5.41) is 3.53. The third kappa shape index (κ3) is 3.03. The largest absolute Gasteiger partial charge is 0.467 e. The Morgan fingerprint density at radius 2 is 2.17 bits per heavy atom. The van der Waals surface area contributed by atoms with E-state index in [0.29, 0.717) is 0 Å². The lowest BCUT2D eigenvalue weighted by Crippen LogP contribution is -2.23. The van der Waals surface area contributed by atoms with Gasteiger partial charge in [0.25, 0.3) is 0 Å². The van der Waals surface area contributed by atoms with Crippen molar-refractivity contribution in [2.75, 3.05) is 6.54 Å². The van der Waals surface area contributed by atoms with Crippen molar-refractivity contribution in [3.05, 3.63) is 58.0 Å². The second kappa shape index (κ2) is 6.21. The Balaban J connectivity index is 2.36. The second-order valence-corrected chi connectivity index (χ2v) is 5.28. The Hall–Kier alpha value is -1.06. The molecule has 2 nitrogen and oxygen atoms in total. The van der Waals surface area contributed by atoms with E-state index in [2.05, 4.69) is 53.3 Å². The quantitative estimate of drug-likeness (QED) is 0.883. The minimum absolute atomic E-state index is 0.106. The third-order valence-electron chi connectivity index (χ3n) is 2.89. The van der Waals surface area contributed by atoms with Gasteiger partial charge in [-0.1, -0.05) is 40.5 Å². The molecular formula is C15H18BrNO. The number of rotatable bonds is 5. The number of hydrogen-bond donors (Lipinski definition) is 1. The van der Waals surface area contributed by atoms with Crippen molar-refractivity contribution in [2.45, 2.75) is 26.3 Å². The number of nitrogens with one attached hydrogen (secondary N) is 1. The topological polar surface area (TPSA) is 25.2 Å². The summed E-state index contributed by atoms with van der Waals surface area (Å²) in [5.74, 6) is 0.953. The third-order valence-corrected chi connectivity index (χ3v) is 3.61. The Bertz CT molecular complexity index is 493. The fourth-order valence-electron chi connectivity index (χ4n) is 1.99. The molecule has 2 aromatic rings. The van der Waals surface area contributed by atoms with Gasteiger partial charge in [-0.2, -0.15) is 0 Å². The molecule has 2 rings (SSSR count). The number of furan rings is 1. The van der Waals surface area contributed by atoms with Crippen LogP contribution in [0.15, 0.2) is 45.5 Å². The van der Waals surface area contributed by atoms with Gasteiger partial charge in [0.15, 0.2) is 0 Å². The van der Waals surface area contributed by atoms with Crippen LogP contribution in [-0.4, -0.2) is 6.54 Å². The average molecular weight is 308 g/mol. The van der Waals surface area contributed by atoms with Crippen LogP contribution in [0, 0.1) is 6.92 Å². The molecule has 0 radical (unpaired) electrons. The van der Waals surface area contributed by atoms with E-state index < -0.39 is 0 Å². The number of hydrogen-bond acceptors (Lipinski definition) is 2. The van der Waals surface area contributed by atoms with Crippen LogP contribution in [0.2, 0.25) is 0 Å². The van der Waals surface area contributed by atoms with Gasteiger partial charge in [-0.3, -0.25) is 0 Å². The van der Waals surface area contributed by atoms with Gasteiger partial charge in [0.2, 0.25) is 0 Å². The van der Waals surface area contributed by atoms with Crippen LogP contribution < -0.4 is 5.32 Å². The maximum Gasteiger partial charge on any atom is 0.125 e. The van der Waals surface area contributed by atoms with E-state index in [1.54, 1.807) is 6.26 Å². The highest BCUT2D eigenvalue weighted by molar-refractivity contribution is 9.10. The maximum absolute atomic E-state index is 5.56. The molecule has 0 aliphatic heterocycles. The number of aryl methyl sites for hydroxylation is 1. The van der Waals surface area contributed by atoms with Crippen molar-refractivity contribution in [3.8, 4) is 0 Å². The van der Waals surface area contributed by atoms with E-state index in [-0.39, 0.29) is 6.04 Å². The summed E-state index contributed by atoms with van der Waals surface area (Å²) in [6, 6.07) is 10.4. The summed E-state index contributed by atoms with van der Waals surface area (Å²) in [7, 11) is 0. The predicted molar refractivity (Wildman–Crippen MR) is 77.7 cm³/mol. The highest BCUT2D eigenvalue weighted by Crippen LogP contribution is 2.29. The van der Waals surface area contributed by atoms with Crippen molar-refractivity contribution >= 4 is 15.9 Å². The molecule has 0 aliphatic rings. The lowest BCUT2D eigenvalue weighted by molar-refractivity contribution is 0.446. The fraction of sp³-hybridized carbons (Fsp3) is 0.333. The first kappa shape index (κ1) is 13.4. The molecule has 0 amide bonds. The van der Waals surface area contributed by atoms with Crippen molar-refractivity contribution in [3.63, 3.8) is 0 Å². The molecule has 0 saturated heterocycles. The summed E-state index contributed by atoms with van der Waals surface area (Å²) in [6.07, 6.45) is 2.82. The van der Waals surface area contributed by atoms with Crippen molar-refractivity contribution in [1.29, 1.82) is 0 Å². The highest BCUT2D eigenvalue weighted by atomic mass is 79.9. The normalized spacial score (nSPS) is 12.6. The minimum atomic E-state index is 0.106. The van der Waals surface area contributed by atoms with Gasteiger partial charge in [-0.05, 0) is 43.7 Å². The van der Waals surface area contributed by atoms with Gasteiger partial charge in [0.1, 0.15) is 5.76 Å². The molecule has 0 fully saturated rings. The Kier molecular flexibility index (Phi) is 4.61. The Labute approximate surface area is 117 Å². The summed E-state index contributed by atoms with van der Waals surface area (Å²) in [6.45, 7) is 5.23. The van der Waals surface area contributed by atoms with Crippen molar-refractivity contribution in [2.24, 2.45) is 0 Å². The molecule has 1 aromatic carbocycles. The summed E-state index contributed by atoms with van der Waals surface area (Å²) >= 11 is 3.63. The van der Waals surface area contributed by atoms with Crippen LogP contribution >= 0.6 is 15.9 Å². The molecule has 18 heavy (non-hydrogen) atoms. The van der Waals surface area contributed by atoms with Crippen molar-refractivity contribution < 1.29 is 4.42 Å². The molecule has 3 heteroatoms. The van der Waals surface area contributed by atoms with Crippen LogP contribution in [0.3, 0.4) is 0 Å². The molecule has 0 bridgehead atoms. The highest BCUT2D eigenvalue weighted by Gasteiger charge is 2.18. The maximum atomic E-state index is 5.56. The lowest BCUT2D eigenvalue weighted by atomic mass is 10.0. The molecule has 96 valence electrons. The molecule has 1 aromatic heterocycles. The molecular weight excluding hydrogens is 290 g/mol. The fourth-order valence-corrected chi connectivity index (χ4v) is 2.47. The first-order valence-electron chi connectivity index (χ1n) is 6.25. The van der Waals surface area contributed by atoms with E-state index in [1.165, 1.54) is 11.1 Å². The van der Waals surface area contributed by atoms with Crippen LogP contribution in [0.5, 0.6) is 0 Å². The number of halogens is 1. The lowest BCUT2D eigenvalue weighted by Gasteiger charge is -2.18. The average Bonchev–Trinajstić information content (AvgIpc) is 2.88. The van der Waals surface area contributed by atoms with E-state index >= 15 is 0 Å². The molecule has 0 spiro atoms. The SMILES string of the molecule is CCCNC(c1ccco1)c1cc(C)ccc1Br. The molecule has 1 unspecified atom stereocenters. The zero-order valence-corrected chi connectivity index (χ0v) is 12.3. The van der Waals surface area contributed by atoms with Crippen LogP contribution in [0.4, 0.5) is 0 Å².